The second-order valence-corrected chi connectivity index (χ2v) is 6.47. The number of pyridine rings is 1. The van der Waals surface area contributed by atoms with Crippen molar-refractivity contribution in [2.45, 2.75) is 17.6 Å². The van der Waals surface area contributed by atoms with Crippen LogP contribution in [0.1, 0.15) is 23.2 Å². The van der Waals surface area contributed by atoms with E-state index in [1.165, 1.54) is 0 Å². The second kappa shape index (κ2) is 5.93. The molecule has 4 nitrogen and oxygen atoms in total. The summed E-state index contributed by atoms with van der Waals surface area (Å²) in [5.74, 6) is 0.00995. The highest BCUT2D eigenvalue weighted by molar-refractivity contribution is 9.10. The van der Waals surface area contributed by atoms with Gasteiger partial charge in [-0.1, -0.05) is 0 Å². The summed E-state index contributed by atoms with van der Waals surface area (Å²) in [5, 5.41) is 9.23. The number of aromatic nitrogens is 1. The van der Waals surface area contributed by atoms with Crippen LogP contribution < -0.4 is 0 Å². The van der Waals surface area contributed by atoms with Crippen LogP contribution in [0.3, 0.4) is 0 Å². The third-order valence-corrected chi connectivity index (χ3v) is 5.14. The molecule has 1 saturated heterocycles. The Morgan fingerprint density at radius 1 is 1.58 bits per heavy atom. The molecule has 1 aliphatic heterocycles. The van der Waals surface area contributed by atoms with E-state index in [9.17, 15) is 10.1 Å². The van der Waals surface area contributed by atoms with Gasteiger partial charge in [0.25, 0.3) is 5.91 Å². The smallest absolute Gasteiger partial charge is 0.254 e. The molecule has 0 aliphatic carbocycles. The molecular weight excluding hydrogens is 326 g/mol. The lowest BCUT2D eigenvalue weighted by atomic mass is 9.97. The monoisotopic (exact) mass is 339 g/mol. The van der Waals surface area contributed by atoms with Gasteiger partial charge >= 0.3 is 0 Å². The van der Waals surface area contributed by atoms with Crippen molar-refractivity contribution in [1.29, 1.82) is 5.26 Å². The second-order valence-electron chi connectivity index (χ2n) is 4.47. The minimum absolute atomic E-state index is 0.00995. The molecule has 0 atom stereocenters. The third-order valence-electron chi connectivity index (χ3n) is 3.43. The molecule has 0 saturated carbocycles. The standard InChI is InChI=1S/C13H14BrN3OS/c1-19-13(9-15)3-6-17(7-4-13)12(18)10-2-5-16-11(14)8-10/h2,5,8H,3-4,6-7H2,1H3. The van der Waals surface area contributed by atoms with Gasteiger partial charge in [0.15, 0.2) is 0 Å². The minimum atomic E-state index is -0.324. The Labute approximate surface area is 125 Å². The maximum Gasteiger partial charge on any atom is 0.254 e. The van der Waals surface area contributed by atoms with Crippen LogP contribution in [0.15, 0.2) is 22.9 Å². The summed E-state index contributed by atoms with van der Waals surface area (Å²) in [5.41, 5.74) is 0.635. The van der Waals surface area contributed by atoms with E-state index < -0.39 is 0 Å². The fourth-order valence-electron chi connectivity index (χ4n) is 2.15. The van der Waals surface area contributed by atoms with Gasteiger partial charge in [0.2, 0.25) is 0 Å². The summed E-state index contributed by atoms with van der Waals surface area (Å²) in [6.07, 6.45) is 5.02. The number of rotatable bonds is 2. The largest absolute Gasteiger partial charge is 0.338 e. The Kier molecular flexibility index (Phi) is 4.48. The van der Waals surface area contributed by atoms with Gasteiger partial charge in [-0.15, -0.1) is 11.8 Å². The van der Waals surface area contributed by atoms with Gasteiger partial charge in [0.05, 0.1) is 6.07 Å². The molecule has 1 aromatic rings. The van der Waals surface area contributed by atoms with E-state index in [0.717, 1.165) is 12.8 Å². The van der Waals surface area contributed by atoms with E-state index >= 15 is 0 Å². The van der Waals surface area contributed by atoms with Crippen LogP contribution in [0.4, 0.5) is 0 Å². The molecule has 100 valence electrons. The highest BCUT2D eigenvalue weighted by Gasteiger charge is 2.35. The average molecular weight is 340 g/mol. The van der Waals surface area contributed by atoms with E-state index in [1.807, 2.05) is 11.2 Å². The summed E-state index contributed by atoms with van der Waals surface area (Å²) in [6.45, 7) is 1.26. The number of hydrogen-bond acceptors (Lipinski definition) is 4. The van der Waals surface area contributed by atoms with E-state index in [0.29, 0.717) is 23.3 Å². The molecular formula is C13H14BrN3OS. The first-order chi connectivity index (χ1) is 9.10. The first-order valence-electron chi connectivity index (χ1n) is 5.97. The van der Waals surface area contributed by atoms with Crippen LogP contribution in [0.2, 0.25) is 0 Å². The molecule has 2 rings (SSSR count). The SMILES string of the molecule is CSC1(C#N)CCN(C(=O)c2ccnc(Br)c2)CC1. The molecule has 0 radical (unpaired) electrons. The number of thioether (sulfide) groups is 1. The molecule has 0 bridgehead atoms. The van der Waals surface area contributed by atoms with Crippen molar-refractivity contribution in [1.82, 2.24) is 9.88 Å². The lowest BCUT2D eigenvalue weighted by Gasteiger charge is -2.36. The maximum atomic E-state index is 12.3. The van der Waals surface area contributed by atoms with Crippen molar-refractivity contribution in [3.63, 3.8) is 0 Å². The van der Waals surface area contributed by atoms with Gasteiger partial charge in [0.1, 0.15) is 9.35 Å². The summed E-state index contributed by atoms with van der Waals surface area (Å²) in [7, 11) is 0. The molecule has 0 spiro atoms. The normalized spacial score (nSPS) is 17.8. The summed E-state index contributed by atoms with van der Waals surface area (Å²) < 4.78 is 0.334. The topological polar surface area (TPSA) is 57.0 Å². The Balaban J connectivity index is 2.06. The fraction of sp³-hybridized carbons (Fsp3) is 0.462. The summed E-state index contributed by atoms with van der Waals surface area (Å²) in [6, 6.07) is 5.82. The molecule has 0 N–H and O–H groups in total. The lowest BCUT2D eigenvalue weighted by Crippen LogP contribution is -2.44. The van der Waals surface area contributed by atoms with E-state index in [2.05, 4.69) is 27.0 Å². The van der Waals surface area contributed by atoms with Crippen molar-refractivity contribution in [3.8, 4) is 6.07 Å². The molecule has 6 heteroatoms. The number of carbonyl (C=O) groups excluding carboxylic acids is 1. The van der Waals surface area contributed by atoms with Crippen molar-refractivity contribution in [3.05, 3.63) is 28.5 Å². The molecule has 2 heterocycles. The molecule has 1 aliphatic rings. The van der Waals surface area contributed by atoms with Gasteiger partial charge in [0, 0.05) is 24.8 Å². The Hall–Kier alpha value is -1.06. The van der Waals surface area contributed by atoms with E-state index in [-0.39, 0.29) is 10.7 Å². The first-order valence-corrected chi connectivity index (χ1v) is 7.99. The average Bonchev–Trinajstić information content (AvgIpc) is 2.46. The highest BCUT2D eigenvalue weighted by atomic mass is 79.9. The predicted molar refractivity (Wildman–Crippen MR) is 78.9 cm³/mol. The number of carbonyl (C=O) groups is 1. The van der Waals surface area contributed by atoms with E-state index in [1.54, 1.807) is 30.1 Å². The molecule has 1 fully saturated rings. The van der Waals surface area contributed by atoms with Gasteiger partial charge in [-0.2, -0.15) is 5.26 Å². The Morgan fingerprint density at radius 2 is 2.26 bits per heavy atom. The number of piperidine rings is 1. The summed E-state index contributed by atoms with van der Waals surface area (Å²) in [4.78, 5) is 18.2. The van der Waals surface area contributed by atoms with Crippen LogP contribution in [0.5, 0.6) is 0 Å². The zero-order valence-corrected chi connectivity index (χ0v) is 13.0. The molecule has 1 aromatic heterocycles. The van der Waals surface area contributed by atoms with Gasteiger partial charge in [-0.25, -0.2) is 4.98 Å². The molecule has 0 aromatic carbocycles. The molecule has 0 unspecified atom stereocenters. The number of nitrogens with zero attached hydrogens (tertiary/aromatic N) is 3. The van der Waals surface area contributed by atoms with E-state index in [4.69, 9.17) is 0 Å². The van der Waals surface area contributed by atoms with Gasteiger partial charge < -0.3 is 4.90 Å². The van der Waals surface area contributed by atoms with Crippen molar-refractivity contribution in [2.24, 2.45) is 0 Å². The number of likely N-dealkylation sites (tertiary alicyclic amines) is 1. The number of nitriles is 1. The van der Waals surface area contributed by atoms with Crippen LogP contribution in [0.25, 0.3) is 0 Å². The third kappa shape index (κ3) is 3.10. The lowest BCUT2D eigenvalue weighted by molar-refractivity contribution is 0.0716. The van der Waals surface area contributed by atoms with Crippen LogP contribution >= 0.6 is 27.7 Å². The minimum Gasteiger partial charge on any atom is -0.338 e. The van der Waals surface area contributed by atoms with Crippen LogP contribution in [-0.4, -0.2) is 39.9 Å². The Morgan fingerprint density at radius 3 is 2.79 bits per heavy atom. The number of hydrogen-bond donors (Lipinski definition) is 0. The molecule has 1 amide bonds. The highest BCUT2D eigenvalue weighted by Crippen LogP contribution is 2.34. The van der Waals surface area contributed by atoms with Crippen molar-refractivity contribution in [2.75, 3.05) is 19.3 Å². The van der Waals surface area contributed by atoms with Crippen LogP contribution in [0, 0.1) is 11.3 Å². The quantitative estimate of drug-likeness (QED) is 0.777. The predicted octanol–water partition coefficient (Wildman–Crippen LogP) is 2.71. The molecule has 19 heavy (non-hydrogen) atoms. The fourth-order valence-corrected chi connectivity index (χ4v) is 3.20. The van der Waals surface area contributed by atoms with Gasteiger partial charge in [-0.3, -0.25) is 4.79 Å². The Bertz CT molecular complexity index is 521. The number of amides is 1. The zero-order chi connectivity index (χ0) is 13.9. The van der Waals surface area contributed by atoms with Crippen molar-refractivity contribution >= 4 is 33.6 Å². The summed E-state index contributed by atoms with van der Waals surface area (Å²) >= 11 is 4.86. The van der Waals surface area contributed by atoms with Gasteiger partial charge in [-0.05, 0) is 47.2 Å². The zero-order valence-electron chi connectivity index (χ0n) is 10.6. The number of halogens is 1. The first kappa shape index (κ1) is 14.4. The maximum absolute atomic E-state index is 12.3. The van der Waals surface area contributed by atoms with Crippen LogP contribution in [-0.2, 0) is 0 Å². The van der Waals surface area contributed by atoms with Crippen molar-refractivity contribution < 1.29 is 4.79 Å².